The molecule has 6 nitrogen and oxygen atoms in total. The summed E-state index contributed by atoms with van der Waals surface area (Å²) in [7, 11) is 0. The molecule has 0 saturated carbocycles. The fourth-order valence-electron chi connectivity index (χ4n) is 2.88. The lowest BCUT2D eigenvalue weighted by Crippen LogP contribution is -2.45. The number of hydrogen-bond donors (Lipinski definition) is 3. The molecule has 1 aliphatic heterocycles. The van der Waals surface area contributed by atoms with E-state index in [9.17, 15) is 4.39 Å². The summed E-state index contributed by atoms with van der Waals surface area (Å²) in [5, 5.41) is 0.197. The van der Waals surface area contributed by atoms with Crippen molar-refractivity contribution in [1.29, 1.82) is 0 Å². The van der Waals surface area contributed by atoms with E-state index in [0.29, 0.717) is 6.54 Å². The maximum Gasteiger partial charge on any atom is 0.178 e. The number of thiocarbonyl (C=S) groups is 1. The first-order valence-electron chi connectivity index (χ1n) is 8.19. The summed E-state index contributed by atoms with van der Waals surface area (Å²) in [6.07, 6.45) is 0. The number of halogens is 1. The van der Waals surface area contributed by atoms with Gasteiger partial charge in [-0.25, -0.2) is 9.82 Å². The molecular weight excluding hydrogens is 341 g/mol. The van der Waals surface area contributed by atoms with Gasteiger partial charge in [-0.15, -0.1) is 0 Å². The number of hydrogen-bond acceptors (Lipinski definition) is 5. The number of rotatable bonds is 6. The van der Waals surface area contributed by atoms with Crippen LogP contribution in [0.15, 0.2) is 40.8 Å². The molecule has 8 heteroatoms. The van der Waals surface area contributed by atoms with Crippen LogP contribution < -0.4 is 21.5 Å². The van der Waals surface area contributed by atoms with Crippen molar-refractivity contribution in [2.75, 3.05) is 31.1 Å². The molecule has 0 spiro atoms. The second-order valence-corrected chi connectivity index (χ2v) is 6.39. The number of piperazine rings is 1. The Kier molecular flexibility index (Phi) is 5.85. The van der Waals surface area contributed by atoms with Crippen molar-refractivity contribution >= 4 is 23.0 Å². The molecular formula is C17H22FN5OS. The Morgan fingerprint density at radius 1 is 1.16 bits per heavy atom. The van der Waals surface area contributed by atoms with Gasteiger partial charge >= 0.3 is 0 Å². The highest BCUT2D eigenvalue weighted by atomic mass is 32.1. The van der Waals surface area contributed by atoms with Gasteiger partial charge < -0.3 is 15.1 Å². The second-order valence-electron chi connectivity index (χ2n) is 5.95. The largest absolute Gasteiger partial charge is 0.463 e. The Morgan fingerprint density at radius 2 is 1.92 bits per heavy atom. The van der Waals surface area contributed by atoms with Crippen LogP contribution in [0.25, 0.3) is 0 Å². The van der Waals surface area contributed by atoms with Gasteiger partial charge in [-0.05, 0) is 42.5 Å². The minimum Gasteiger partial charge on any atom is -0.463 e. The van der Waals surface area contributed by atoms with Crippen LogP contribution in [0.1, 0.15) is 11.5 Å². The van der Waals surface area contributed by atoms with Gasteiger partial charge in [0.25, 0.3) is 0 Å². The Labute approximate surface area is 151 Å². The summed E-state index contributed by atoms with van der Waals surface area (Å²) in [5.74, 6) is 1.55. The topological polar surface area (TPSA) is 69.7 Å². The van der Waals surface area contributed by atoms with Crippen LogP contribution in [-0.2, 0) is 13.1 Å². The summed E-state index contributed by atoms with van der Waals surface area (Å²) in [5.41, 5.74) is 11.8. The first-order chi connectivity index (χ1) is 12.1. The van der Waals surface area contributed by atoms with Crippen LogP contribution in [0.5, 0.6) is 0 Å². The third-order valence-electron chi connectivity index (χ3n) is 4.12. The van der Waals surface area contributed by atoms with E-state index in [1.807, 2.05) is 18.2 Å². The minimum absolute atomic E-state index is 0.193. The molecule has 1 fully saturated rings. The molecule has 2 heterocycles. The normalized spacial score (nSPS) is 15.3. The van der Waals surface area contributed by atoms with Crippen LogP contribution in [0.2, 0.25) is 0 Å². The lowest BCUT2D eigenvalue weighted by Gasteiger charge is -2.35. The molecule has 0 unspecified atom stereocenters. The summed E-state index contributed by atoms with van der Waals surface area (Å²) >= 11 is 4.72. The van der Waals surface area contributed by atoms with Crippen molar-refractivity contribution in [3.8, 4) is 0 Å². The second kappa shape index (κ2) is 8.28. The molecule has 1 aromatic carbocycles. The first-order valence-corrected chi connectivity index (χ1v) is 8.60. The fraction of sp³-hybridized carbons (Fsp3) is 0.353. The summed E-state index contributed by atoms with van der Waals surface area (Å²) in [6.45, 7) is 4.83. The molecule has 0 aliphatic carbocycles. The zero-order chi connectivity index (χ0) is 17.6. The van der Waals surface area contributed by atoms with Crippen LogP contribution in [-0.4, -0.2) is 36.2 Å². The lowest BCUT2D eigenvalue weighted by molar-refractivity contribution is 0.228. The van der Waals surface area contributed by atoms with Gasteiger partial charge in [-0.1, -0.05) is 6.07 Å². The van der Waals surface area contributed by atoms with Gasteiger partial charge in [-0.2, -0.15) is 0 Å². The molecule has 0 amide bonds. The highest BCUT2D eigenvalue weighted by Gasteiger charge is 2.18. The zero-order valence-corrected chi connectivity index (χ0v) is 14.7. The Bertz CT molecular complexity index is 715. The molecule has 1 aliphatic rings. The van der Waals surface area contributed by atoms with E-state index in [4.69, 9.17) is 22.4 Å². The number of furan rings is 1. The maximum absolute atomic E-state index is 13.3. The van der Waals surface area contributed by atoms with E-state index in [0.717, 1.165) is 49.9 Å². The van der Waals surface area contributed by atoms with Crippen molar-refractivity contribution < 1.29 is 8.81 Å². The van der Waals surface area contributed by atoms with E-state index in [-0.39, 0.29) is 10.9 Å². The average molecular weight is 363 g/mol. The van der Waals surface area contributed by atoms with Crippen LogP contribution in [0.4, 0.5) is 10.1 Å². The average Bonchev–Trinajstić information content (AvgIpc) is 3.02. The van der Waals surface area contributed by atoms with Crippen LogP contribution in [0.3, 0.4) is 0 Å². The van der Waals surface area contributed by atoms with Crippen molar-refractivity contribution in [2.45, 2.75) is 13.1 Å². The van der Waals surface area contributed by atoms with Gasteiger partial charge in [0.15, 0.2) is 5.11 Å². The zero-order valence-electron chi connectivity index (χ0n) is 13.9. The molecule has 3 rings (SSSR count). The van der Waals surface area contributed by atoms with Gasteiger partial charge in [-0.3, -0.25) is 10.3 Å². The Hall–Kier alpha value is -2.16. The molecule has 0 radical (unpaired) electrons. The lowest BCUT2D eigenvalue weighted by atomic mass is 10.2. The summed E-state index contributed by atoms with van der Waals surface area (Å²) in [4.78, 5) is 4.54. The van der Waals surface area contributed by atoms with Gasteiger partial charge in [0.05, 0.1) is 13.1 Å². The number of nitrogens with one attached hydrogen (secondary N) is 2. The molecule has 4 N–H and O–H groups in total. The smallest absolute Gasteiger partial charge is 0.178 e. The van der Waals surface area contributed by atoms with E-state index in [2.05, 4.69) is 20.7 Å². The molecule has 1 saturated heterocycles. The van der Waals surface area contributed by atoms with Crippen molar-refractivity contribution in [1.82, 2.24) is 15.8 Å². The van der Waals surface area contributed by atoms with Crippen LogP contribution >= 0.6 is 12.2 Å². The first kappa shape index (κ1) is 17.7. The van der Waals surface area contributed by atoms with E-state index >= 15 is 0 Å². The number of nitrogens with two attached hydrogens (primary N) is 1. The highest BCUT2D eigenvalue weighted by molar-refractivity contribution is 7.80. The quantitative estimate of drug-likeness (QED) is 0.532. The van der Waals surface area contributed by atoms with E-state index in [1.54, 1.807) is 12.1 Å². The van der Waals surface area contributed by atoms with Gasteiger partial charge in [0.1, 0.15) is 17.3 Å². The Morgan fingerprint density at radius 3 is 2.64 bits per heavy atom. The van der Waals surface area contributed by atoms with E-state index < -0.39 is 0 Å². The summed E-state index contributed by atoms with van der Waals surface area (Å²) in [6, 6.07) is 10.7. The van der Waals surface area contributed by atoms with Crippen molar-refractivity contribution in [3.05, 3.63) is 53.7 Å². The number of nitrogens with zero attached hydrogens (tertiary/aromatic N) is 2. The van der Waals surface area contributed by atoms with Gasteiger partial charge in [0.2, 0.25) is 0 Å². The highest BCUT2D eigenvalue weighted by Crippen LogP contribution is 2.19. The molecule has 1 aromatic heterocycles. The third kappa shape index (κ3) is 5.15. The summed E-state index contributed by atoms with van der Waals surface area (Å²) < 4.78 is 19.2. The maximum atomic E-state index is 13.3. The minimum atomic E-state index is -0.193. The predicted molar refractivity (Wildman–Crippen MR) is 99.4 cm³/mol. The molecule has 134 valence electrons. The molecule has 0 atom stereocenters. The molecule has 25 heavy (non-hydrogen) atoms. The fourth-order valence-corrected chi connectivity index (χ4v) is 2.95. The third-order valence-corrected chi connectivity index (χ3v) is 4.22. The number of hydrazine groups is 1. The Balaban J connectivity index is 1.46. The van der Waals surface area contributed by atoms with Gasteiger partial charge in [0, 0.05) is 31.9 Å². The van der Waals surface area contributed by atoms with Crippen molar-refractivity contribution in [3.63, 3.8) is 0 Å². The molecule has 2 aromatic rings. The van der Waals surface area contributed by atoms with E-state index in [1.165, 1.54) is 6.07 Å². The predicted octanol–water partition coefficient (Wildman–Crippen LogP) is 1.58. The van der Waals surface area contributed by atoms with Crippen LogP contribution in [0, 0.1) is 5.82 Å². The standard InChI is InChI=1S/C17H22FN5OS/c18-13-2-1-3-14(10-13)23-8-6-22(7-9-23)12-16-5-4-15(24-16)11-20-21-17(19)25/h1-5,10,20H,6-9,11-12H2,(H3,19,21,25). The molecule has 0 bridgehead atoms. The number of anilines is 1. The monoisotopic (exact) mass is 363 g/mol. The van der Waals surface area contributed by atoms with Crippen molar-refractivity contribution in [2.24, 2.45) is 5.73 Å². The number of benzene rings is 1. The SMILES string of the molecule is NC(=S)NNCc1ccc(CN2CCN(c3cccc(F)c3)CC2)o1.